The zero-order chi connectivity index (χ0) is 19.3. The molecule has 2 rings (SSSR count). The van der Waals surface area contributed by atoms with E-state index in [2.05, 4.69) is 5.32 Å². The smallest absolute Gasteiger partial charge is 0.253 e. The maximum atomic E-state index is 12.3. The monoisotopic (exact) mass is 373 g/mol. The van der Waals surface area contributed by atoms with Crippen molar-refractivity contribution in [3.05, 3.63) is 64.7 Å². The van der Waals surface area contributed by atoms with E-state index in [1.54, 1.807) is 38.4 Å². The van der Waals surface area contributed by atoms with Crippen LogP contribution >= 0.6 is 11.6 Å². The quantitative estimate of drug-likeness (QED) is 0.840. The highest BCUT2D eigenvalue weighted by Crippen LogP contribution is 2.26. The van der Waals surface area contributed by atoms with Gasteiger partial charge in [0.25, 0.3) is 5.91 Å². The summed E-state index contributed by atoms with van der Waals surface area (Å²) in [7, 11) is 5.29. The van der Waals surface area contributed by atoms with Crippen molar-refractivity contribution < 1.29 is 9.59 Å². The normalized spacial score (nSPS) is 11.9. The largest absolute Gasteiger partial charge is 0.345 e. The second-order valence-corrected chi connectivity index (χ2v) is 6.84. The molecule has 0 saturated carbocycles. The number of amides is 2. The summed E-state index contributed by atoms with van der Waals surface area (Å²) in [6, 6.07) is 14.5. The summed E-state index contributed by atoms with van der Waals surface area (Å²) in [4.78, 5) is 27.6. The number of rotatable bonds is 6. The fourth-order valence-corrected chi connectivity index (χ4v) is 2.86. The number of nitrogens with zero attached hydrogens (tertiary/aromatic N) is 2. The van der Waals surface area contributed by atoms with Crippen LogP contribution in [-0.4, -0.2) is 49.3 Å². The lowest BCUT2D eigenvalue weighted by Gasteiger charge is -2.25. The zero-order valence-electron chi connectivity index (χ0n) is 15.5. The molecular formula is C20H24ClN3O2. The third kappa shape index (κ3) is 5.07. The molecule has 0 heterocycles. The third-order valence-corrected chi connectivity index (χ3v) is 4.58. The number of hydrogen-bond acceptors (Lipinski definition) is 3. The van der Waals surface area contributed by atoms with Crippen molar-refractivity contribution in [3.8, 4) is 0 Å². The number of nitrogens with one attached hydrogen (secondary N) is 1. The van der Waals surface area contributed by atoms with Gasteiger partial charge in [-0.2, -0.15) is 0 Å². The van der Waals surface area contributed by atoms with Gasteiger partial charge in [0.1, 0.15) is 0 Å². The van der Waals surface area contributed by atoms with Gasteiger partial charge in [-0.3, -0.25) is 14.5 Å². The van der Waals surface area contributed by atoms with Gasteiger partial charge in [0.15, 0.2) is 0 Å². The summed E-state index contributed by atoms with van der Waals surface area (Å²) in [6.07, 6.45) is 0. The van der Waals surface area contributed by atoms with Crippen molar-refractivity contribution in [2.75, 3.05) is 33.0 Å². The van der Waals surface area contributed by atoms with E-state index < -0.39 is 0 Å². The summed E-state index contributed by atoms with van der Waals surface area (Å²) < 4.78 is 0. The summed E-state index contributed by atoms with van der Waals surface area (Å²) in [5.74, 6) is -0.200. The lowest BCUT2D eigenvalue weighted by atomic mass is 10.1. The van der Waals surface area contributed by atoms with Gasteiger partial charge in [-0.15, -0.1) is 0 Å². The first-order valence-corrected chi connectivity index (χ1v) is 8.73. The first-order valence-electron chi connectivity index (χ1n) is 8.36. The van der Waals surface area contributed by atoms with Crippen molar-refractivity contribution in [1.29, 1.82) is 0 Å². The van der Waals surface area contributed by atoms with Crippen molar-refractivity contribution in [2.45, 2.75) is 13.0 Å². The molecule has 0 aliphatic rings. The Morgan fingerprint density at radius 3 is 2.23 bits per heavy atom. The van der Waals surface area contributed by atoms with Crippen LogP contribution in [0.4, 0.5) is 5.69 Å². The van der Waals surface area contributed by atoms with Crippen molar-refractivity contribution in [3.63, 3.8) is 0 Å². The summed E-state index contributed by atoms with van der Waals surface area (Å²) >= 11 is 6.23. The fourth-order valence-electron chi connectivity index (χ4n) is 2.57. The van der Waals surface area contributed by atoms with Crippen LogP contribution in [0.3, 0.4) is 0 Å². The van der Waals surface area contributed by atoms with Crippen LogP contribution in [-0.2, 0) is 4.79 Å². The number of anilines is 1. The first kappa shape index (κ1) is 19.9. The van der Waals surface area contributed by atoms with Gasteiger partial charge in [0, 0.05) is 36.4 Å². The lowest BCUT2D eigenvalue weighted by Crippen LogP contribution is -2.32. The minimum absolute atomic E-state index is 0.00883. The zero-order valence-corrected chi connectivity index (χ0v) is 16.2. The van der Waals surface area contributed by atoms with E-state index in [0.29, 0.717) is 16.3 Å². The van der Waals surface area contributed by atoms with E-state index in [1.807, 2.05) is 43.1 Å². The van der Waals surface area contributed by atoms with Crippen LogP contribution in [0.1, 0.15) is 28.9 Å². The molecule has 0 aliphatic carbocycles. The molecule has 2 aromatic carbocycles. The second-order valence-electron chi connectivity index (χ2n) is 6.44. The van der Waals surface area contributed by atoms with Crippen LogP contribution in [0, 0.1) is 0 Å². The molecule has 1 N–H and O–H groups in total. The Morgan fingerprint density at radius 2 is 1.65 bits per heavy atom. The number of halogens is 1. The molecule has 1 unspecified atom stereocenters. The maximum absolute atomic E-state index is 12.3. The lowest BCUT2D eigenvalue weighted by molar-refractivity contribution is -0.117. The minimum atomic E-state index is -0.127. The molecule has 0 aromatic heterocycles. The standard InChI is InChI=1S/C20H24ClN3O2/c1-14(17-7-5-6-8-18(17)21)24(4)13-19(25)22-16-11-9-15(10-12-16)20(26)23(2)3/h5-12,14H,13H2,1-4H3,(H,22,25). The van der Waals surface area contributed by atoms with Gasteiger partial charge in [-0.25, -0.2) is 0 Å². The van der Waals surface area contributed by atoms with E-state index >= 15 is 0 Å². The molecule has 138 valence electrons. The van der Waals surface area contributed by atoms with E-state index in [1.165, 1.54) is 4.90 Å². The Bertz CT molecular complexity index is 775. The van der Waals surface area contributed by atoms with Crippen LogP contribution in [0.2, 0.25) is 5.02 Å². The van der Waals surface area contributed by atoms with Gasteiger partial charge >= 0.3 is 0 Å². The third-order valence-electron chi connectivity index (χ3n) is 4.23. The minimum Gasteiger partial charge on any atom is -0.345 e. The predicted molar refractivity (Wildman–Crippen MR) is 106 cm³/mol. The molecule has 5 nitrogen and oxygen atoms in total. The topological polar surface area (TPSA) is 52.7 Å². The molecule has 26 heavy (non-hydrogen) atoms. The molecular weight excluding hydrogens is 350 g/mol. The second kappa shape index (κ2) is 8.83. The van der Waals surface area contributed by atoms with Gasteiger partial charge < -0.3 is 10.2 Å². The fraction of sp³-hybridized carbons (Fsp3) is 0.300. The Labute approximate surface area is 159 Å². The summed E-state index contributed by atoms with van der Waals surface area (Å²) in [5, 5.41) is 3.54. The SMILES string of the molecule is CC(c1ccccc1Cl)N(C)CC(=O)Nc1ccc(C(=O)N(C)C)cc1. The molecule has 0 radical (unpaired) electrons. The molecule has 0 bridgehead atoms. The number of likely N-dealkylation sites (N-methyl/N-ethyl adjacent to an activating group) is 1. The molecule has 6 heteroatoms. The van der Waals surface area contributed by atoms with Crippen LogP contribution < -0.4 is 5.32 Å². The molecule has 2 aromatic rings. The average Bonchev–Trinajstić information content (AvgIpc) is 2.61. The molecule has 0 aliphatic heterocycles. The van der Waals surface area contributed by atoms with Crippen LogP contribution in [0.15, 0.2) is 48.5 Å². The number of carbonyl (C=O) groups is 2. The average molecular weight is 374 g/mol. The molecule has 1 atom stereocenters. The molecule has 0 spiro atoms. The Hall–Kier alpha value is -2.37. The molecule has 2 amide bonds. The summed E-state index contributed by atoms with van der Waals surface area (Å²) in [6.45, 7) is 2.24. The van der Waals surface area contributed by atoms with Crippen LogP contribution in [0.25, 0.3) is 0 Å². The number of carbonyl (C=O) groups excluding carboxylic acids is 2. The van der Waals surface area contributed by atoms with E-state index in [4.69, 9.17) is 11.6 Å². The maximum Gasteiger partial charge on any atom is 0.253 e. The highest BCUT2D eigenvalue weighted by Gasteiger charge is 2.17. The van der Waals surface area contributed by atoms with Crippen molar-refractivity contribution in [1.82, 2.24) is 9.80 Å². The Kier molecular flexibility index (Phi) is 6.77. The number of hydrogen-bond donors (Lipinski definition) is 1. The van der Waals surface area contributed by atoms with Crippen LogP contribution in [0.5, 0.6) is 0 Å². The highest BCUT2D eigenvalue weighted by atomic mass is 35.5. The van der Waals surface area contributed by atoms with Gasteiger partial charge in [0.2, 0.25) is 5.91 Å². The summed E-state index contributed by atoms with van der Waals surface area (Å²) in [5.41, 5.74) is 2.22. The van der Waals surface area contributed by atoms with E-state index in [9.17, 15) is 9.59 Å². The first-order chi connectivity index (χ1) is 12.3. The Morgan fingerprint density at radius 1 is 1.04 bits per heavy atom. The van der Waals surface area contributed by atoms with Crippen molar-refractivity contribution >= 4 is 29.1 Å². The predicted octanol–water partition coefficient (Wildman–Crippen LogP) is 3.67. The van der Waals surface area contributed by atoms with Gasteiger partial charge in [-0.1, -0.05) is 29.8 Å². The Balaban J connectivity index is 1.96. The number of benzene rings is 2. The highest BCUT2D eigenvalue weighted by molar-refractivity contribution is 6.31. The van der Waals surface area contributed by atoms with Crippen molar-refractivity contribution in [2.24, 2.45) is 0 Å². The van der Waals surface area contributed by atoms with Gasteiger partial charge in [-0.05, 0) is 49.9 Å². The van der Waals surface area contributed by atoms with Gasteiger partial charge in [0.05, 0.1) is 6.54 Å². The molecule has 0 saturated heterocycles. The van der Waals surface area contributed by atoms with E-state index in [0.717, 1.165) is 5.56 Å². The molecule has 0 fully saturated rings. The van der Waals surface area contributed by atoms with E-state index in [-0.39, 0.29) is 24.4 Å².